The number of amides is 2. The Kier molecular flexibility index (Phi) is 5.95. The summed E-state index contributed by atoms with van der Waals surface area (Å²) in [6, 6.07) is 3.42. The van der Waals surface area contributed by atoms with Crippen LogP contribution in [0.2, 0.25) is 5.02 Å². The minimum atomic E-state index is -4.33. The second-order valence-corrected chi connectivity index (χ2v) is 7.08. The molecule has 1 unspecified atom stereocenters. The first kappa shape index (κ1) is 19.1. The molecule has 1 aliphatic rings. The van der Waals surface area contributed by atoms with Crippen LogP contribution in [0.1, 0.15) is 10.4 Å². The number of morpholine rings is 1. The summed E-state index contributed by atoms with van der Waals surface area (Å²) in [5.41, 5.74) is 10.1. The maximum atomic E-state index is 12.4. The van der Waals surface area contributed by atoms with Gasteiger partial charge in [0.2, 0.25) is 0 Å². The normalized spacial score (nSPS) is 17.6. The Labute approximate surface area is 148 Å². The summed E-state index contributed by atoms with van der Waals surface area (Å²) >= 11 is 5.89. The van der Waals surface area contributed by atoms with Gasteiger partial charge in [0.1, 0.15) is 11.0 Å². The second kappa shape index (κ2) is 7.78. The van der Waals surface area contributed by atoms with E-state index in [0.717, 1.165) is 6.07 Å². The van der Waals surface area contributed by atoms with E-state index in [0.29, 0.717) is 6.54 Å². The maximum Gasteiger partial charge on any atom is 0.280 e. The number of benzene rings is 1. The fraction of sp³-hybridized carbons (Fsp3) is 0.308. The van der Waals surface area contributed by atoms with Crippen molar-refractivity contribution in [3.05, 3.63) is 28.8 Å². The van der Waals surface area contributed by atoms with Crippen molar-refractivity contribution in [1.29, 1.82) is 0 Å². The van der Waals surface area contributed by atoms with E-state index in [1.54, 1.807) is 0 Å². The van der Waals surface area contributed by atoms with E-state index < -0.39 is 38.8 Å². The third kappa shape index (κ3) is 4.89. The molecule has 0 bridgehead atoms. The van der Waals surface area contributed by atoms with Crippen molar-refractivity contribution in [2.24, 2.45) is 16.5 Å². The standard InChI is InChI=1S/C13H16ClN5O5S/c14-8-2-1-7(11(20)18-13(15)16)5-10(8)25(22,23)19-12(21)9-6-17-3-4-24-9/h1-2,5,9,17H,3-4,6H2,(H,19,21)(H4,15,16,18,20). The number of nitrogens with two attached hydrogens (primary N) is 2. The predicted octanol–water partition coefficient (Wildman–Crippen LogP) is -1.45. The molecule has 0 radical (unpaired) electrons. The Balaban J connectivity index is 2.27. The molecule has 1 atom stereocenters. The summed E-state index contributed by atoms with van der Waals surface area (Å²) in [6.07, 6.45) is -0.950. The van der Waals surface area contributed by atoms with Crippen LogP contribution in [0, 0.1) is 0 Å². The number of carbonyl (C=O) groups excluding carboxylic acids is 2. The number of hydrogen-bond acceptors (Lipinski definition) is 6. The summed E-state index contributed by atoms with van der Waals surface area (Å²) in [5.74, 6) is -2.16. The maximum absolute atomic E-state index is 12.4. The molecule has 1 aliphatic heterocycles. The molecule has 25 heavy (non-hydrogen) atoms. The number of sulfonamides is 1. The zero-order valence-electron chi connectivity index (χ0n) is 12.9. The average Bonchev–Trinajstić information content (AvgIpc) is 2.54. The first-order valence-corrected chi connectivity index (χ1v) is 8.89. The first-order valence-electron chi connectivity index (χ1n) is 7.03. The number of ether oxygens (including phenoxy) is 1. The number of halogens is 1. The van der Waals surface area contributed by atoms with Crippen LogP contribution >= 0.6 is 11.6 Å². The van der Waals surface area contributed by atoms with E-state index in [4.69, 9.17) is 27.8 Å². The summed E-state index contributed by atoms with van der Waals surface area (Å²) in [4.78, 5) is 26.7. The van der Waals surface area contributed by atoms with E-state index >= 15 is 0 Å². The van der Waals surface area contributed by atoms with Crippen molar-refractivity contribution in [2.45, 2.75) is 11.0 Å². The molecule has 1 aromatic rings. The number of nitrogens with one attached hydrogen (secondary N) is 2. The zero-order valence-corrected chi connectivity index (χ0v) is 14.4. The number of guanidine groups is 1. The highest BCUT2D eigenvalue weighted by Crippen LogP contribution is 2.23. The molecular weight excluding hydrogens is 374 g/mol. The molecule has 2 rings (SSSR count). The molecule has 0 spiro atoms. The molecule has 0 aliphatic carbocycles. The highest BCUT2D eigenvalue weighted by atomic mass is 35.5. The number of hydrogen-bond donors (Lipinski definition) is 4. The minimum absolute atomic E-state index is 0.110. The highest BCUT2D eigenvalue weighted by Gasteiger charge is 2.28. The van der Waals surface area contributed by atoms with Crippen LogP contribution in [-0.4, -0.2) is 52.0 Å². The third-order valence-corrected chi connectivity index (χ3v) is 4.98. The van der Waals surface area contributed by atoms with Gasteiger partial charge >= 0.3 is 0 Å². The van der Waals surface area contributed by atoms with Crippen molar-refractivity contribution < 1.29 is 22.7 Å². The second-order valence-electron chi connectivity index (χ2n) is 5.02. The van der Waals surface area contributed by atoms with Gasteiger partial charge in [-0.05, 0) is 18.2 Å². The molecule has 136 valence electrons. The van der Waals surface area contributed by atoms with Crippen molar-refractivity contribution in [1.82, 2.24) is 10.0 Å². The Morgan fingerprint density at radius 3 is 2.68 bits per heavy atom. The van der Waals surface area contributed by atoms with Crippen LogP contribution in [0.3, 0.4) is 0 Å². The lowest BCUT2D eigenvalue weighted by Crippen LogP contribution is -2.49. The van der Waals surface area contributed by atoms with Gasteiger partial charge < -0.3 is 21.5 Å². The lowest BCUT2D eigenvalue weighted by atomic mass is 10.2. The van der Waals surface area contributed by atoms with Gasteiger partial charge in [0.25, 0.3) is 21.8 Å². The van der Waals surface area contributed by atoms with Gasteiger partial charge in [-0.2, -0.15) is 4.99 Å². The van der Waals surface area contributed by atoms with E-state index in [9.17, 15) is 18.0 Å². The first-order chi connectivity index (χ1) is 11.7. The molecule has 1 aromatic carbocycles. The molecule has 10 nitrogen and oxygen atoms in total. The minimum Gasteiger partial charge on any atom is -0.370 e. The average molecular weight is 390 g/mol. The molecular formula is C13H16ClN5O5S. The van der Waals surface area contributed by atoms with Crippen LogP contribution in [0.25, 0.3) is 0 Å². The highest BCUT2D eigenvalue weighted by molar-refractivity contribution is 7.90. The SMILES string of the molecule is NC(N)=NC(=O)c1ccc(Cl)c(S(=O)(=O)NC(=O)C2CNCCO2)c1. The van der Waals surface area contributed by atoms with Crippen molar-refractivity contribution in [3.63, 3.8) is 0 Å². The van der Waals surface area contributed by atoms with Gasteiger partial charge in [-0.25, -0.2) is 13.1 Å². The van der Waals surface area contributed by atoms with Crippen LogP contribution in [0.4, 0.5) is 0 Å². The van der Waals surface area contributed by atoms with Crippen molar-refractivity contribution in [3.8, 4) is 0 Å². The number of nitrogens with zero attached hydrogens (tertiary/aromatic N) is 1. The molecule has 12 heteroatoms. The summed E-state index contributed by atoms with van der Waals surface area (Å²) in [6.45, 7) is 1.02. The number of aliphatic imine (C=N–C) groups is 1. The Morgan fingerprint density at radius 1 is 1.36 bits per heavy atom. The Hall–Kier alpha value is -2.21. The number of rotatable bonds is 4. The Bertz CT molecular complexity index is 816. The molecule has 1 heterocycles. The number of carbonyl (C=O) groups is 2. The lowest BCUT2D eigenvalue weighted by molar-refractivity contribution is -0.132. The smallest absolute Gasteiger partial charge is 0.280 e. The van der Waals surface area contributed by atoms with Crippen molar-refractivity contribution in [2.75, 3.05) is 19.7 Å². The zero-order chi connectivity index (χ0) is 18.6. The monoisotopic (exact) mass is 389 g/mol. The van der Waals surface area contributed by atoms with Crippen molar-refractivity contribution >= 4 is 39.4 Å². The topological polar surface area (TPSA) is 166 Å². The van der Waals surface area contributed by atoms with Gasteiger partial charge in [-0.15, -0.1) is 0 Å². The van der Waals surface area contributed by atoms with E-state index in [1.165, 1.54) is 12.1 Å². The molecule has 6 N–H and O–H groups in total. The van der Waals surface area contributed by atoms with Crippen LogP contribution in [0.15, 0.2) is 28.1 Å². The summed E-state index contributed by atoms with van der Waals surface area (Å²) < 4.78 is 31.9. The van der Waals surface area contributed by atoms with Gasteiger partial charge in [-0.3, -0.25) is 9.59 Å². The molecule has 0 saturated carbocycles. The molecule has 1 saturated heterocycles. The van der Waals surface area contributed by atoms with E-state index in [-0.39, 0.29) is 23.7 Å². The molecule has 1 fully saturated rings. The largest absolute Gasteiger partial charge is 0.370 e. The fourth-order valence-corrected chi connectivity index (χ4v) is 3.55. The summed E-state index contributed by atoms with van der Waals surface area (Å²) in [5, 5.41) is 2.73. The predicted molar refractivity (Wildman–Crippen MR) is 89.5 cm³/mol. The fourth-order valence-electron chi connectivity index (χ4n) is 2.01. The van der Waals surface area contributed by atoms with Gasteiger partial charge in [-0.1, -0.05) is 11.6 Å². The van der Waals surface area contributed by atoms with Gasteiger partial charge in [0.05, 0.1) is 11.6 Å². The third-order valence-electron chi connectivity index (χ3n) is 3.15. The molecule has 0 aromatic heterocycles. The Morgan fingerprint density at radius 2 is 2.08 bits per heavy atom. The van der Waals surface area contributed by atoms with E-state index in [1.807, 2.05) is 4.72 Å². The van der Waals surface area contributed by atoms with Gasteiger partial charge in [0, 0.05) is 18.7 Å². The molecule has 2 amide bonds. The summed E-state index contributed by atoms with van der Waals surface area (Å²) in [7, 11) is -4.33. The van der Waals surface area contributed by atoms with E-state index in [2.05, 4.69) is 10.3 Å². The van der Waals surface area contributed by atoms with Gasteiger partial charge in [0.15, 0.2) is 5.96 Å². The van der Waals surface area contributed by atoms with Crippen LogP contribution in [0.5, 0.6) is 0 Å². The van der Waals surface area contributed by atoms with Crippen LogP contribution in [-0.2, 0) is 19.6 Å². The lowest BCUT2D eigenvalue weighted by Gasteiger charge is -2.22. The quantitative estimate of drug-likeness (QED) is 0.358. The van der Waals surface area contributed by atoms with Crippen LogP contribution < -0.4 is 21.5 Å².